The van der Waals surface area contributed by atoms with E-state index in [0.29, 0.717) is 6.54 Å². The van der Waals surface area contributed by atoms with Gasteiger partial charge in [-0.05, 0) is 30.5 Å². The van der Waals surface area contributed by atoms with E-state index in [2.05, 4.69) is 17.0 Å². The number of hydrogen-bond donors (Lipinski definition) is 0. The highest BCUT2D eigenvalue weighted by atomic mass is 35.5. The van der Waals surface area contributed by atoms with Gasteiger partial charge >= 0.3 is 0 Å². The van der Waals surface area contributed by atoms with Gasteiger partial charge in [0.1, 0.15) is 0 Å². The number of halogens is 1. The van der Waals surface area contributed by atoms with Crippen molar-refractivity contribution < 1.29 is 0 Å². The Balaban J connectivity index is 2.33. The molecule has 78 valence electrons. The van der Waals surface area contributed by atoms with Gasteiger partial charge in [-0.25, -0.2) is 6.57 Å². The Morgan fingerprint density at radius 1 is 1.20 bits per heavy atom. The van der Waals surface area contributed by atoms with Crippen molar-refractivity contribution in [1.29, 1.82) is 0 Å². The minimum absolute atomic E-state index is 0.117. The highest BCUT2D eigenvalue weighted by molar-refractivity contribution is 6.30. The predicted octanol–water partition coefficient (Wildman–Crippen LogP) is 4.07. The zero-order valence-corrected chi connectivity index (χ0v) is 9.43. The monoisotopic (exact) mass is 219 g/mol. The van der Waals surface area contributed by atoms with Gasteiger partial charge in [0.05, 0.1) is 5.41 Å². The third-order valence-electron chi connectivity index (χ3n) is 3.40. The molecule has 0 heterocycles. The summed E-state index contributed by atoms with van der Waals surface area (Å²) in [5.41, 5.74) is 1.41. The second kappa shape index (κ2) is 4.24. The Hall–Kier alpha value is -1.00. The van der Waals surface area contributed by atoms with E-state index < -0.39 is 0 Å². The highest BCUT2D eigenvalue weighted by Crippen LogP contribution is 2.41. The van der Waals surface area contributed by atoms with E-state index in [-0.39, 0.29) is 5.41 Å². The molecule has 0 saturated heterocycles. The van der Waals surface area contributed by atoms with E-state index in [0.717, 1.165) is 17.9 Å². The lowest BCUT2D eigenvalue weighted by atomic mass is 9.79. The van der Waals surface area contributed by atoms with Crippen LogP contribution in [0.3, 0.4) is 0 Å². The van der Waals surface area contributed by atoms with Crippen molar-refractivity contribution in [3.63, 3.8) is 0 Å². The van der Waals surface area contributed by atoms with Crippen LogP contribution in [0.2, 0.25) is 5.02 Å². The molecule has 1 aromatic carbocycles. The Bertz CT molecular complexity index is 369. The van der Waals surface area contributed by atoms with E-state index in [4.69, 9.17) is 18.2 Å². The average molecular weight is 220 g/mol. The molecule has 1 aromatic rings. The van der Waals surface area contributed by atoms with E-state index in [9.17, 15) is 0 Å². The maximum absolute atomic E-state index is 7.08. The largest absolute Gasteiger partial charge is 0.316 e. The molecule has 0 unspecified atom stereocenters. The van der Waals surface area contributed by atoms with Crippen LogP contribution in [0, 0.1) is 6.57 Å². The van der Waals surface area contributed by atoms with Crippen molar-refractivity contribution in [2.24, 2.45) is 0 Å². The van der Waals surface area contributed by atoms with Gasteiger partial charge in [0.15, 0.2) is 0 Å². The fourth-order valence-electron chi connectivity index (χ4n) is 2.54. The van der Waals surface area contributed by atoms with Gasteiger partial charge in [-0.3, -0.25) is 0 Å². The minimum atomic E-state index is 0.117. The molecule has 0 aliphatic heterocycles. The van der Waals surface area contributed by atoms with Crippen molar-refractivity contribution in [3.05, 3.63) is 46.3 Å². The molecule has 0 amide bonds. The van der Waals surface area contributed by atoms with E-state index in [1.165, 1.54) is 18.4 Å². The summed E-state index contributed by atoms with van der Waals surface area (Å²) in [5, 5.41) is 0.773. The van der Waals surface area contributed by atoms with Crippen LogP contribution in [-0.4, -0.2) is 6.54 Å². The fraction of sp³-hybridized carbons (Fsp3) is 0.462. The van der Waals surface area contributed by atoms with Crippen LogP contribution in [-0.2, 0) is 5.41 Å². The van der Waals surface area contributed by atoms with Gasteiger partial charge in [-0.2, -0.15) is 0 Å². The topological polar surface area (TPSA) is 4.36 Å². The average Bonchev–Trinajstić information content (AvgIpc) is 2.69. The molecule has 1 aliphatic carbocycles. The molecule has 1 saturated carbocycles. The molecular weight excluding hydrogens is 206 g/mol. The van der Waals surface area contributed by atoms with Gasteiger partial charge < -0.3 is 4.85 Å². The predicted molar refractivity (Wildman–Crippen MR) is 63.1 cm³/mol. The van der Waals surface area contributed by atoms with Crippen LogP contribution in [0.25, 0.3) is 4.85 Å². The normalized spacial score (nSPS) is 18.7. The standard InChI is InChI=1S/C13H14ClN/c1-15-10-13(8-2-3-9-13)11-4-6-12(14)7-5-11/h4-7H,2-3,8-10H2. The molecule has 1 fully saturated rings. The van der Waals surface area contributed by atoms with Crippen LogP contribution in [0.1, 0.15) is 31.2 Å². The van der Waals surface area contributed by atoms with Crippen LogP contribution < -0.4 is 0 Å². The lowest BCUT2D eigenvalue weighted by molar-refractivity contribution is 0.478. The minimum Gasteiger partial charge on any atom is -0.316 e. The first-order chi connectivity index (χ1) is 7.27. The Morgan fingerprint density at radius 2 is 1.80 bits per heavy atom. The third-order valence-corrected chi connectivity index (χ3v) is 3.65. The summed E-state index contributed by atoms with van der Waals surface area (Å²) in [6.07, 6.45) is 4.80. The number of rotatable bonds is 2. The Labute approximate surface area is 95.9 Å². The summed E-state index contributed by atoms with van der Waals surface area (Å²) < 4.78 is 0. The smallest absolute Gasteiger partial charge is 0.224 e. The van der Waals surface area contributed by atoms with E-state index in [1.54, 1.807) is 0 Å². The number of benzene rings is 1. The maximum atomic E-state index is 7.08. The molecular formula is C13H14ClN. The van der Waals surface area contributed by atoms with Crippen molar-refractivity contribution >= 4 is 11.6 Å². The van der Waals surface area contributed by atoms with Crippen LogP contribution >= 0.6 is 11.6 Å². The zero-order valence-electron chi connectivity index (χ0n) is 8.67. The summed E-state index contributed by atoms with van der Waals surface area (Å²) in [5.74, 6) is 0. The summed E-state index contributed by atoms with van der Waals surface area (Å²) >= 11 is 5.88. The van der Waals surface area contributed by atoms with Crippen LogP contribution in [0.4, 0.5) is 0 Å². The van der Waals surface area contributed by atoms with Crippen molar-refractivity contribution in [2.75, 3.05) is 6.54 Å². The van der Waals surface area contributed by atoms with E-state index >= 15 is 0 Å². The van der Waals surface area contributed by atoms with Crippen LogP contribution in [0.5, 0.6) is 0 Å². The van der Waals surface area contributed by atoms with Gasteiger partial charge in [-0.15, -0.1) is 0 Å². The summed E-state index contributed by atoms with van der Waals surface area (Å²) in [6, 6.07) is 8.03. The van der Waals surface area contributed by atoms with Crippen molar-refractivity contribution in [2.45, 2.75) is 31.1 Å². The number of nitrogens with zero attached hydrogens (tertiary/aromatic N) is 1. The lowest BCUT2D eigenvalue weighted by Gasteiger charge is -2.23. The summed E-state index contributed by atoms with van der Waals surface area (Å²) in [6.45, 7) is 7.70. The number of hydrogen-bond acceptors (Lipinski definition) is 0. The molecule has 2 heteroatoms. The lowest BCUT2D eigenvalue weighted by Crippen LogP contribution is -2.24. The maximum Gasteiger partial charge on any atom is 0.224 e. The third kappa shape index (κ3) is 2.01. The van der Waals surface area contributed by atoms with Gasteiger partial charge in [0.2, 0.25) is 6.54 Å². The highest BCUT2D eigenvalue weighted by Gasteiger charge is 2.38. The van der Waals surface area contributed by atoms with Crippen molar-refractivity contribution in [3.8, 4) is 0 Å². The molecule has 0 radical (unpaired) electrons. The second-order valence-electron chi connectivity index (χ2n) is 4.31. The van der Waals surface area contributed by atoms with E-state index in [1.807, 2.05) is 12.1 Å². The Morgan fingerprint density at radius 3 is 2.33 bits per heavy atom. The zero-order chi connectivity index (χ0) is 10.7. The quantitative estimate of drug-likeness (QED) is 0.661. The SMILES string of the molecule is [C-]#[N+]CC1(c2ccc(Cl)cc2)CCCC1. The first-order valence-electron chi connectivity index (χ1n) is 5.36. The molecule has 0 spiro atoms. The fourth-order valence-corrected chi connectivity index (χ4v) is 2.67. The molecule has 0 bridgehead atoms. The first kappa shape index (κ1) is 10.5. The Kier molecular flexibility index (Phi) is 2.98. The van der Waals surface area contributed by atoms with Crippen LogP contribution in [0.15, 0.2) is 24.3 Å². The van der Waals surface area contributed by atoms with Gasteiger partial charge in [0.25, 0.3) is 0 Å². The van der Waals surface area contributed by atoms with Gasteiger partial charge in [0, 0.05) is 5.02 Å². The summed E-state index contributed by atoms with van der Waals surface area (Å²) in [7, 11) is 0. The molecule has 1 aliphatic rings. The molecule has 2 rings (SSSR count). The first-order valence-corrected chi connectivity index (χ1v) is 5.74. The summed E-state index contributed by atoms with van der Waals surface area (Å²) in [4.78, 5) is 3.61. The molecule has 0 atom stereocenters. The molecule has 0 N–H and O–H groups in total. The molecule has 1 nitrogen and oxygen atoms in total. The molecule has 0 aromatic heterocycles. The van der Waals surface area contributed by atoms with Gasteiger partial charge in [-0.1, -0.05) is 36.6 Å². The molecule has 15 heavy (non-hydrogen) atoms. The van der Waals surface area contributed by atoms with Crippen molar-refractivity contribution in [1.82, 2.24) is 0 Å². The second-order valence-corrected chi connectivity index (χ2v) is 4.75.